The fourth-order valence-corrected chi connectivity index (χ4v) is 3.65. The van der Waals surface area contributed by atoms with Gasteiger partial charge in [0.1, 0.15) is 5.75 Å². The van der Waals surface area contributed by atoms with Gasteiger partial charge in [-0.1, -0.05) is 53.0 Å². The Labute approximate surface area is 140 Å². The van der Waals surface area contributed by atoms with E-state index in [1.807, 2.05) is 19.1 Å². The number of ether oxygens (including phenoxy) is 1. The molecule has 22 heavy (non-hydrogen) atoms. The van der Waals surface area contributed by atoms with Crippen molar-refractivity contribution in [3.05, 3.63) is 64.0 Å². The van der Waals surface area contributed by atoms with Crippen LogP contribution in [0.1, 0.15) is 11.1 Å². The summed E-state index contributed by atoms with van der Waals surface area (Å²) in [4.78, 5) is 0.0589. The number of aryl methyl sites for hydroxylation is 1. The lowest BCUT2D eigenvalue weighted by atomic mass is 10.1. The maximum Gasteiger partial charge on any atom is 0.218 e. The molecule has 0 saturated carbocycles. The van der Waals surface area contributed by atoms with Gasteiger partial charge in [-0.05, 0) is 36.8 Å². The first-order valence-electron chi connectivity index (χ1n) is 6.37. The normalized spacial score (nSPS) is 12.7. The number of halogens is 2. The van der Waals surface area contributed by atoms with E-state index in [-0.39, 0.29) is 9.93 Å². The van der Waals surface area contributed by atoms with Crippen molar-refractivity contribution in [2.24, 2.45) is 0 Å². The lowest BCUT2D eigenvalue weighted by molar-refractivity contribution is 0.414. The molecule has 0 aromatic heterocycles. The van der Waals surface area contributed by atoms with Crippen molar-refractivity contribution in [3.63, 3.8) is 0 Å². The van der Waals surface area contributed by atoms with Crippen LogP contribution in [0.25, 0.3) is 5.03 Å². The van der Waals surface area contributed by atoms with Crippen LogP contribution in [0.15, 0.2) is 57.8 Å². The third-order valence-corrected chi connectivity index (χ3v) is 6.07. The minimum atomic E-state index is -3.86. The molecular weight excluding hydrogens is 343 g/mol. The van der Waals surface area contributed by atoms with Crippen molar-refractivity contribution in [2.75, 3.05) is 7.11 Å². The first-order valence-corrected chi connectivity index (χ1v) is 8.61. The first kappa shape index (κ1) is 16.9. The van der Waals surface area contributed by atoms with Crippen molar-refractivity contribution in [3.8, 4) is 5.75 Å². The third kappa shape index (κ3) is 3.46. The van der Waals surface area contributed by atoms with E-state index in [4.69, 9.17) is 27.9 Å². The van der Waals surface area contributed by atoms with Gasteiger partial charge in [0, 0.05) is 0 Å². The third-order valence-electron chi connectivity index (χ3n) is 3.08. The number of hydrogen-bond donors (Lipinski definition) is 0. The molecule has 0 unspecified atom stereocenters. The summed E-state index contributed by atoms with van der Waals surface area (Å²) in [6, 6.07) is 13.1. The van der Waals surface area contributed by atoms with Gasteiger partial charge in [0.15, 0.2) is 4.36 Å². The Morgan fingerprint density at radius 3 is 2.00 bits per heavy atom. The van der Waals surface area contributed by atoms with E-state index in [1.165, 1.54) is 19.2 Å². The molecule has 3 nitrogen and oxygen atoms in total. The number of methoxy groups -OCH3 is 1. The summed E-state index contributed by atoms with van der Waals surface area (Å²) in [5.41, 5.74) is 1.59. The topological polar surface area (TPSA) is 43.4 Å². The van der Waals surface area contributed by atoms with Gasteiger partial charge in [0.05, 0.1) is 17.0 Å². The zero-order valence-electron chi connectivity index (χ0n) is 12.0. The SMILES string of the molecule is COc1ccc(S(=O)(=O)/C(Cl)=C(/Cl)c2ccc(C)cc2)cc1. The summed E-state index contributed by atoms with van der Waals surface area (Å²) in [6.45, 7) is 1.93. The molecule has 0 atom stereocenters. The number of sulfone groups is 1. The van der Waals surface area contributed by atoms with Gasteiger partial charge in [0.25, 0.3) is 0 Å². The van der Waals surface area contributed by atoms with Crippen molar-refractivity contribution in [2.45, 2.75) is 11.8 Å². The van der Waals surface area contributed by atoms with Crippen LogP contribution >= 0.6 is 23.2 Å². The van der Waals surface area contributed by atoms with Gasteiger partial charge in [-0.2, -0.15) is 0 Å². The van der Waals surface area contributed by atoms with Crippen LogP contribution in [0, 0.1) is 6.92 Å². The van der Waals surface area contributed by atoms with Crippen LogP contribution in [-0.2, 0) is 9.84 Å². The van der Waals surface area contributed by atoms with Crippen LogP contribution in [0.4, 0.5) is 0 Å². The smallest absolute Gasteiger partial charge is 0.218 e. The Morgan fingerprint density at radius 2 is 1.50 bits per heavy atom. The fourth-order valence-electron chi connectivity index (χ4n) is 1.79. The average Bonchev–Trinajstić information content (AvgIpc) is 2.54. The standard InChI is InChI=1S/C16H14Cl2O3S/c1-11-3-5-12(6-4-11)15(17)16(18)22(19,20)14-9-7-13(21-2)8-10-14/h3-10H,1-2H3/b16-15+. The Bertz CT molecular complexity index is 792. The molecule has 0 heterocycles. The number of rotatable bonds is 4. The van der Waals surface area contributed by atoms with Crippen molar-refractivity contribution in [1.82, 2.24) is 0 Å². The summed E-state index contributed by atoms with van der Waals surface area (Å²) in [5.74, 6) is 0.559. The summed E-state index contributed by atoms with van der Waals surface area (Å²) >= 11 is 12.2. The largest absolute Gasteiger partial charge is 0.497 e. The van der Waals surface area contributed by atoms with Crippen molar-refractivity contribution < 1.29 is 13.2 Å². The Morgan fingerprint density at radius 1 is 0.955 bits per heavy atom. The van der Waals surface area contributed by atoms with Crippen LogP contribution in [0.5, 0.6) is 5.75 Å². The predicted molar refractivity (Wildman–Crippen MR) is 90.0 cm³/mol. The quantitative estimate of drug-likeness (QED) is 0.804. The van der Waals surface area contributed by atoms with E-state index in [2.05, 4.69) is 0 Å². The Kier molecular flexibility index (Phi) is 5.16. The Hall–Kier alpha value is -1.49. The molecule has 2 rings (SSSR count). The van der Waals surface area contributed by atoms with Crippen LogP contribution in [0.3, 0.4) is 0 Å². The maximum absolute atomic E-state index is 12.5. The average molecular weight is 357 g/mol. The second kappa shape index (κ2) is 6.73. The second-order valence-corrected chi connectivity index (χ2v) is 7.50. The first-order chi connectivity index (χ1) is 10.4. The molecule has 6 heteroatoms. The monoisotopic (exact) mass is 356 g/mol. The molecular formula is C16H14Cl2O3S. The van der Waals surface area contributed by atoms with E-state index in [9.17, 15) is 8.42 Å². The lowest BCUT2D eigenvalue weighted by Crippen LogP contribution is -2.02. The van der Waals surface area contributed by atoms with Crippen LogP contribution < -0.4 is 4.74 Å². The maximum atomic E-state index is 12.5. The van der Waals surface area contributed by atoms with Gasteiger partial charge >= 0.3 is 0 Å². The summed E-state index contributed by atoms with van der Waals surface area (Å²) in [7, 11) is -2.36. The van der Waals surface area contributed by atoms with E-state index >= 15 is 0 Å². The van der Waals surface area contributed by atoms with Crippen molar-refractivity contribution >= 4 is 38.1 Å². The molecule has 0 fully saturated rings. The van der Waals surface area contributed by atoms with Crippen LogP contribution in [0.2, 0.25) is 0 Å². The highest BCUT2D eigenvalue weighted by molar-refractivity contribution is 7.97. The van der Waals surface area contributed by atoms with E-state index in [0.29, 0.717) is 11.3 Å². The highest BCUT2D eigenvalue weighted by atomic mass is 35.5. The molecule has 116 valence electrons. The fraction of sp³-hybridized carbons (Fsp3) is 0.125. The van der Waals surface area contributed by atoms with Gasteiger partial charge in [-0.3, -0.25) is 0 Å². The molecule has 2 aromatic rings. The van der Waals surface area contributed by atoms with E-state index in [1.54, 1.807) is 24.3 Å². The summed E-state index contributed by atoms with van der Waals surface area (Å²) < 4.78 is 29.6. The zero-order valence-corrected chi connectivity index (χ0v) is 14.3. The second-order valence-electron chi connectivity index (χ2n) is 4.63. The van der Waals surface area contributed by atoms with Gasteiger partial charge in [-0.25, -0.2) is 8.42 Å². The minimum absolute atomic E-state index is 0.00233. The molecule has 0 aliphatic carbocycles. The molecule has 2 aromatic carbocycles. The molecule has 0 radical (unpaired) electrons. The highest BCUT2D eigenvalue weighted by Gasteiger charge is 2.23. The zero-order chi connectivity index (χ0) is 16.3. The molecule has 0 aliphatic heterocycles. The molecule has 0 aliphatic rings. The van der Waals surface area contributed by atoms with Crippen LogP contribution in [-0.4, -0.2) is 15.5 Å². The van der Waals surface area contributed by atoms with Gasteiger partial charge in [0.2, 0.25) is 9.84 Å². The lowest BCUT2D eigenvalue weighted by Gasteiger charge is -2.07. The molecule has 0 amide bonds. The minimum Gasteiger partial charge on any atom is -0.497 e. The van der Waals surface area contributed by atoms with E-state index in [0.717, 1.165) is 5.56 Å². The van der Waals surface area contributed by atoms with E-state index < -0.39 is 14.2 Å². The molecule has 0 saturated heterocycles. The van der Waals surface area contributed by atoms with Gasteiger partial charge in [-0.15, -0.1) is 0 Å². The number of hydrogen-bond acceptors (Lipinski definition) is 3. The summed E-state index contributed by atoms with van der Waals surface area (Å²) in [5, 5.41) is -0.00233. The Balaban J connectivity index is 2.46. The molecule has 0 N–H and O–H groups in total. The van der Waals surface area contributed by atoms with Crippen molar-refractivity contribution in [1.29, 1.82) is 0 Å². The number of benzene rings is 2. The van der Waals surface area contributed by atoms with Gasteiger partial charge < -0.3 is 4.74 Å². The molecule has 0 spiro atoms. The summed E-state index contributed by atoms with van der Waals surface area (Å²) in [6.07, 6.45) is 0. The molecule has 0 bridgehead atoms. The highest BCUT2D eigenvalue weighted by Crippen LogP contribution is 2.33. The predicted octanol–water partition coefficient (Wildman–Crippen LogP) is 4.58.